The van der Waals surface area contributed by atoms with Crippen LogP contribution in [0, 0.1) is 0 Å². The molecule has 0 unspecified atom stereocenters. The number of halogens is 1. The highest BCUT2D eigenvalue weighted by molar-refractivity contribution is 7.10. The molecule has 1 saturated heterocycles. The van der Waals surface area contributed by atoms with Gasteiger partial charge < -0.3 is 10.2 Å². The average molecular weight is 315 g/mol. The van der Waals surface area contributed by atoms with Crippen molar-refractivity contribution in [3.8, 4) is 0 Å². The number of hydrogen-bond donors (Lipinski definition) is 1. The van der Waals surface area contributed by atoms with Gasteiger partial charge in [-0.15, -0.1) is 23.7 Å². The van der Waals surface area contributed by atoms with Crippen LogP contribution < -0.4 is 5.32 Å². The molecule has 1 N–H and O–H groups in total. The molecule has 0 bridgehead atoms. The molecule has 5 heteroatoms. The third-order valence-electron chi connectivity index (χ3n) is 4.51. The number of amides is 1. The molecular formula is C15H23ClN2OS. The van der Waals surface area contributed by atoms with Crippen LogP contribution in [0.2, 0.25) is 0 Å². The maximum Gasteiger partial charge on any atom is 0.234 e. The van der Waals surface area contributed by atoms with Gasteiger partial charge in [-0.3, -0.25) is 4.79 Å². The van der Waals surface area contributed by atoms with Crippen molar-refractivity contribution in [2.24, 2.45) is 0 Å². The smallest absolute Gasteiger partial charge is 0.234 e. The predicted octanol–water partition coefficient (Wildman–Crippen LogP) is 2.80. The second kappa shape index (κ2) is 6.92. The molecule has 2 aliphatic rings. The molecular weight excluding hydrogens is 292 g/mol. The van der Waals surface area contributed by atoms with Crippen LogP contribution in [0.15, 0.2) is 17.5 Å². The van der Waals surface area contributed by atoms with Crippen LogP contribution in [-0.2, 0) is 10.2 Å². The summed E-state index contributed by atoms with van der Waals surface area (Å²) in [6.45, 7) is 3.61. The molecule has 0 radical (unpaired) electrons. The molecule has 1 aromatic heterocycles. The normalized spacial score (nSPS) is 22.1. The zero-order valence-corrected chi connectivity index (χ0v) is 13.4. The minimum Gasteiger partial charge on any atom is -0.339 e. The Morgan fingerprint density at radius 3 is 2.50 bits per heavy atom. The van der Waals surface area contributed by atoms with E-state index in [0.29, 0.717) is 5.91 Å². The summed E-state index contributed by atoms with van der Waals surface area (Å²) >= 11 is 1.76. The zero-order valence-electron chi connectivity index (χ0n) is 11.8. The van der Waals surface area contributed by atoms with E-state index in [0.717, 1.165) is 39.0 Å². The van der Waals surface area contributed by atoms with Crippen LogP contribution in [0.3, 0.4) is 0 Å². The Labute approximate surface area is 131 Å². The number of thiophene rings is 1. The summed E-state index contributed by atoms with van der Waals surface area (Å²) in [5.41, 5.74) is -0.205. The Balaban J connectivity index is 0.00000147. The van der Waals surface area contributed by atoms with Crippen LogP contribution in [0.4, 0.5) is 0 Å². The van der Waals surface area contributed by atoms with E-state index in [9.17, 15) is 4.79 Å². The van der Waals surface area contributed by atoms with Gasteiger partial charge in [-0.2, -0.15) is 0 Å². The van der Waals surface area contributed by atoms with Gasteiger partial charge in [-0.05, 0) is 24.3 Å². The fourth-order valence-corrected chi connectivity index (χ4v) is 4.42. The highest BCUT2D eigenvalue weighted by atomic mass is 35.5. The van der Waals surface area contributed by atoms with Crippen molar-refractivity contribution in [3.05, 3.63) is 22.4 Å². The van der Waals surface area contributed by atoms with Crippen molar-refractivity contribution < 1.29 is 4.79 Å². The fraction of sp³-hybridized carbons (Fsp3) is 0.667. The molecule has 0 aromatic carbocycles. The Morgan fingerprint density at radius 2 is 1.90 bits per heavy atom. The number of carbonyl (C=O) groups excluding carboxylic acids is 1. The van der Waals surface area contributed by atoms with E-state index in [-0.39, 0.29) is 17.8 Å². The summed E-state index contributed by atoms with van der Waals surface area (Å²) in [5.74, 6) is 0.385. The molecule has 1 amide bonds. The van der Waals surface area contributed by atoms with Gasteiger partial charge in [0.15, 0.2) is 0 Å². The lowest BCUT2D eigenvalue weighted by Crippen LogP contribution is -2.54. The summed E-state index contributed by atoms with van der Waals surface area (Å²) < 4.78 is 0. The fourth-order valence-electron chi connectivity index (χ4n) is 3.44. The molecule has 0 spiro atoms. The van der Waals surface area contributed by atoms with Crippen molar-refractivity contribution in [2.75, 3.05) is 26.2 Å². The third kappa shape index (κ3) is 2.87. The van der Waals surface area contributed by atoms with E-state index in [1.807, 2.05) is 0 Å². The predicted molar refractivity (Wildman–Crippen MR) is 85.8 cm³/mol. The first-order valence-electron chi connectivity index (χ1n) is 7.37. The topological polar surface area (TPSA) is 32.3 Å². The van der Waals surface area contributed by atoms with Crippen molar-refractivity contribution >= 4 is 29.7 Å². The number of nitrogens with zero attached hydrogens (tertiary/aromatic N) is 1. The van der Waals surface area contributed by atoms with Gasteiger partial charge >= 0.3 is 0 Å². The maximum atomic E-state index is 13.1. The second-order valence-corrected chi connectivity index (χ2v) is 6.61. The summed E-state index contributed by atoms with van der Waals surface area (Å²) in [6.07, 6.45) is 5.74. The van der Waals surface area contributed by atoms with Gasteiger partial charge in [0.25, 0.3) is 0 Å². The van der Waals surface area contributed by atoms with Crippen LogP contribution in [0.25, 0.3) is 0 Å². The number of rotatable bonds is 2. The summed E-state index contributed by atoms with van der Waals surface area (Å²) in [5, 5.41) is 5.44. The average Bonchev–Trinajstić information content (AvgIpc) is 3.03. The van der Waals surface area contributed by atoms with Gasteiger partial charge in [0, 0.05) is 31.1 Å². The van der Waals surface area contributed by atoms with Crippen LogP contribution in [-0.4, -0.2) is 37.0 Å². The lowest BCUT2D eigenvalue weighted by molar-refractivity contribution is -0.139. The molecule has 1 saturated carbocycles. The SMILES string of the molecule is Cl.O=C(N1CCNCC1)C1(c2cccs2)CCCCC1. The van der Waals surface area contributed by atoms with Crippen LogP contribution in [0.1, 0.15) is 37.0 Å². The minimum absolute atomic E-state index is 0. The molecule has 112 valence electrons. The quantitative estimate of drug-likeness (QED) is 0.910. The second-order valence-electron chi connectivity index (χ2n) is 5.66. The van der Waals surface area contributed by atoms with Crippen LogP contribution >= 0.6 is 23.7 Å². The monoisotopic (exact) mass is 314 g/mol. The van der Waals surface area contributed by atoms with Crippen molar-refractivity contribution in [2.45, 2.75) is 37.5 Å². The van der Waals surface area contributed by atoms with E-state index in [1.165, 1.54) is 24.1 Å². The van der Waals surface area contributed by atoms with Crippen LogP contribution in [0.5, 0.6) is 0 Å². The Hall–Kier alpha value is -0.580. The number of hydrogen-bond acceptors (Lipinski definition) is 3. The lowest BCUT2D eigenvalue weighted by atomic mass is 9.72. The zero-order chi connectivity index (χ0) is 13.1. The Morgan fingerprint density at radius 1 is 1.20 bits per heavy atom. The Kier molecular flexibility index (Phi) is 5.47. The lowest BCUT2D eigenvalue weighted by Gasteiger charge is -2.40. The van der Waals surface area contributed by atoms with Gasteiger partial charge in [0.05, 0.1) is 5.41 Å². The number of carbonyl (C=O) groups is 1. The molecule has 2 heterocycles. The van der Waals surface area contributed by atoms with Gasteiger partial charge in [0.1, 0.15) is 0 Å². The third-order valence-corrected chi connectivity index (χ3v) is 5.59. The first kappa shape index (κ1) is 15.8. The van der Waals surface area contributed by atoms with E-state index in [2.05, 4.69) is 27.7 Å². The standard InChI is InChI=1S/C15H22N2OS.ClH/c18-14(17-10-8-16-9-11-17)15(6-2-1-3-7-15)13-5-4-12-19-13;/h4-5,12,16H,1-3,6-11H2;1H. The highest BCUT2D eigenvalue weighted by Gasteiger charge is 2.44. The molecule has 3 nitrogen and oxygen atoms in total. The van der Waals surface area contributed by atoms with E-state index in [1.54, 1.807) is 11.3 Å². The minimum atomic E-state index is -0.205. The molecule has 2 fully saturated rings. The molecule has 0 atom stereocenters. The van der Waals surface area contributed by atoms with E-state index < -0.39 is 0 Å². The molecule has 1 aliphatic carbocycles. The Bertz CT molecular complexity index is 423. The summed E-state index contributed by atoms with van der Waals surface area (Å²) in [7, 11) is 0. The van der Waals surface area contributed by atoms with Gasteiger partial charge in [-0.25, -0.2) is 0 Å². The number of nitrogens with one attached hydrogen (secondary N) is 1. The molecule has 1 aromatic rings. The van der Waals surface area contributed by atoms with Crippen molar-refractivity contribution in [1.82, 2.24) is 10.2 Å². The first-order valence-corrected chi connectivity index (χ1v) is 8.25. The van der Waals surface area contributed by atoms with Gasteiger partial charge in [-0.1, -0.05) is 25.3 Å². The molecule has 1 aliphatic heterocycles. The summed E-state index contributed by atoms with van der Waals surface area (Å²) in [6, 6.07) is 4.25. The van der Waals surface area contributed by atoms with E-state index in [4.69, 9.17) is 0 Å². The first-order chi connectivity index (χ1) is 9.33. The molecule has 3 rings (SSSR count). The summed E-state index contributed by atoms with van der Waals surface area (Å²) in [4.78, 5) is 16.5. The largest absolute Gasteiger partial charge is 0.339 e. The van der Waals surface area contributed by atoms with Gasteiger partial charge in [0.2, 0.25) is 5.91 Å². The van der Waals surface area contributed by atoms with Crippen molar-refractivity contribution in [1.29, 1.82) is 0 Å². The maximum absolute atomic E-state index is 13.1. The van der Waals surface area contributed by atoms with Crippen molar-refractivity contribution in [3.63, 3.8) is 0 Å². The molecule has 20 heavy (non-hydrogen) atoms. The van der Waals surface area contributed by atoms with E-state index >= 15 is 0 Å². The highest BCUT2D eigenvalue weighted by Crippen LogP contribution is 2.43. The number of piperazine rings is 1.